The molecular weight excluding hydrogens is 260 g/mol. The molecule has 1 heterocycles. The number of imide groups is 2. The minimum atomic E-state index is -2.90. The summed E-state index contributed by atoms with van der Waals surface area (Å²) in [6.45, 7) is 0. The second-order valence-corrected chi connectivity index (χ2v) is 3.78. The van der Waals surface area contributed by atoms with Gasteiger partial charge >= 0.3 is 6.03 Å². The topological polar surface area (TPSA) is 156 Å². The predicted molar refractivity (Wildman–Crippen MR) is 57.0 cm³/mol. The zero-order valence-corrected chi connectivity index (χ0v) is 9.17. The molecule has 1 aliphatic rings. The van der Waals surface area contributed by atoms with Crippen molar-refractivity contribution >= 4 is 17.8 Å². The number of nitrogens with one attached hydrogen (secondary N) is 2. The first-order chi connectivity index (χ1) is 8.78. The van der Waals surface area contributed by atoms with Crippen molar-refractivity contribution in [2.45, 2.75) is 5.60 Å². The summed E-state index contributed by atoms with van der Waals surface area (Å²) >= 11 is 0. The average molecular weight is 268 g/mol. The van der Waals surface area contributed by atoms with E-state index in [1.54, 1.807) is 10.6 Å². The highest BCUT2D eigenvalue weighted by molar-refractivity contribution is 6.21. The van der Waals surface area contributed by atoms with Gasteiger partial charge in [0.25, 0.3) is 17.4 Å². The maximum absolute atomic E-state index is 11.6. The van der Waals surface area contributed by atoms with Crippen molar-refractivity contribution in [2.75, 3.05) is 0 Å². The third-order valence-corrected chi connectivity index (χ3v) is 2.63. The smallest absolute Gasteiger partial charge is 0.328 e. The zero-order chi connectivity index (χ0) is 14.4. The molecule has 0 unspecified atom stereocenters. The van der Waals surface area contributed by atoms with E-state index >= 15 is 0 Å². The van der Waals surface area contributed by atoms with Gasteiger partial charge in [-0.15, -0.1) is 0 Å². The van der Waals surface area contributed by atoms with Crippen LogP contribution in [-0.2, 0) is 15.2 Å². The summed E-state index contributed by atoms with van der Waals surface area (Å²) in [6, 6.07) is 0.598. The van der Waals surface area contributed by atoms with Crippen molar-refractivity contribution in [3.8, 4) is 17.2 Å². The minimum Gasteiger partial charge on any atom is -0.504 e. The van der Waals surface area contributed by atoms with E-state index in [2.05, 4.69) is 0 Å². The van der Waals surface area contributed by atoms with Crippen LogP contribution in [0.4, 0.5) is 4.79 Å². The summed E-state index contributed by atoms with van der Waals surface area (Å²) in [7, 11) is 0. The van der Waals surface area contributed by atoms with Crippen LogP contribution < -0.4 is 10.6 Å². The fraction of sp³-hybridized carbons (Fsp3) is 0.100. The quantitative estimate of drug-likeness (QED) is 0.263. The van der Waals surface area contributed by atoms with E-state index in [0.717, 1.165) is 12.1 Å². The molecule has 0 atom stereocenters. The van der Waals surface area contributed by atoms with Crippen molar-refractivity contribution in [3.05, 3.63) is 17.7 Å². The van der Waals surface area contributed by atoms with Crippen LogP contribution in [0.2, 0.25) is 0 Å². The van der Waals surface area contributed by atoms with Crippen LogP contribution in [0.3, 0.4) is 0 Å². The van der Waals surface area contributed by atoms with E-state index < -0.39 is 46.3 Å². The second kappa shape index (κ2) is 3.85. The zero-order valence-electron chi connectivity index (χ0n) is 9.17. The van der Waals surface area contributed by atoms with Gasteiger partial charge in [-0.3, -0.25) is 20.2 Å². The Kier molecular flexibility index (Phi) is 2.56. The van der Waals surface area contributed by atoms with Crippen LogP contribution in [0.15, 0.2) is 12.1 Å². The molecule has 19 heavy (non-hydrogen) atoms. The molecule has 0 bridgehead atoms. The third-order valence-electron chi connectivity index (χ3n) is 2.63. The summed E-state index contributed by atoms with van der Waals surface area (Å²) in [6.07, 6.45) is 0. The monoisotopic (exact) mass is 268 g/mol. The van der Waals surface area contributed by atoms with Gasteiger partial charge in [-0.05, 0) is 12.1 Å². The van der Waals surface area contributed by atoms with Gasteiger partial charge in [0.15, 0.2) is 11.5 Å². The van der Waals surface area contributed by atoms with Crippen LogP contribution in [0.25, 0.3) is 0 Å². The number of phenolic OH excluding ortho intramolecular Hbond substituents is 3. The number of aliphatic hydroxyl groups is 1. The lowest BCUT2D eigenvalue weighted by atomic mass is 9.89. The number of benzene rings is 1. The number of carbonyl (C=O) groups excluding carboxylic acids is 3. The highest BCUT2D eigenvalue weighted by Crippen LogP contribution is 2.42. The molecule has 100 valence electrons. The van der Waals surface area contributed by atoms with E-state index in [0.29, 0.717) is 0 Å². The molecule has 4 amide bonds. The molecule has 0 saturated carbocycles. The Hall–Kier alpha value is -2.81. The lowest BCUT2D eigenvalue weighted by molar-refractivity contribution is -0.155. The Bertz CT molecular complexity index is 590. The van der Waals surface area contributed by atoms with Gasteiger partial charge in [0, 0.05) is 5.56 Å². The Morgan fingerprint density at radius 2 is 1.42 bits per heavy atom. The fourth-order valence-corrected chi connectivity index (χ4v) is 1.63. The van der Waals surface area contributed by atoms with E-state index in [9.17, 15) is 29.7 Å². The number of hydrogen-bond acceptors (Lipinski definition) is 7. The van der Waals surface area contributed by atoms with Crippen LogP contribution in [0.5, 0.6) is 17.2 Å². The lowest BCUT2D eigenvalue weighted by Crippen LogP contribution is -2.64. The molecular formula is C10H8N2O7. The molecule has 9 heteroatoms. The number of rotatable bonds is 1. The van der Waals surface area contributed by atoms with Gasteiger partial charge in [-0.2, -0.15) is 0 Å². The van der Waals surface area contributed by atoms with E-state index in [4.69, 9.17) is 5.11 Å². The number of urea groups is 1. The van der Waals surface area contributed by atoms with Gasteiger partial charge in [0.2, 0.25) is 5.75 Å². The maximum Gasteiger partial charge on any atom is 0.328 e. The molecule has 6 N–H and O–H groups in total. The molecule has 0 spiro atoms. The molecule has 1 aromatic carbocycles. The number of phenols is 3. The molecule has 1 saturated heterocycles. The van der Waals surface area contributed by atoms with Crippen LogP contribution >= 0.6 is 0 Å². The van der Waals surface area contributed by atoms with Crippen molar-refractivity contribution in [1.82, 2.24) is 10.6 Å². The predicted octanol–water partition coefficient (Wildman–Crippen LogP) is -1.64. The maximum atomic E-state index is 11.6. The van der Waals surface area contributed by atoms with Crippen molar-refractivity contribution in [3.63, 3.8) is 0 Å². The van der Waals surface area contributed by atoms with Gasteiger partial charge in [0.1, 0.15) is 0 Å². The Balaban J connectivity index is 2.62. The van der Waals surface area contributed by atoms with Crippen LogP contribution in [-0.4, -0.2) is 38.3 Å². The average Bonchev–Trinajstić information content (AvgIpc) is 2.33. The SMILES string of the molecule is O=C1NC(=O)C(O)(c2ccc(O)c(O)c2O)C(=O)N1. The van der Waals surface area contributed by atoms with Gasteiger partial charge in [-0.1, -0.05) is 0 Å². The van der Waals surface area contributed by atoms with Crippen molar-refractivity contribution < 1.29 is 34.8 Å². The van der Waals surface area contributed by atoms with Gasteiger partial charge < -0.3 is 20.4 Å². The van der Waals surface area contributed by atoms with E-state index in [-0.39, 0.29) is 0 Å². The summed E-state index contributed by atoms with van der Waals surface area (Å²) in [5, 5.41) is 41.4. The Morgan fingerprint density at radius 1 is 0.895 bits per heavy atom. The first-order valence-corrected chi connectivity index (χ1v) is 4.92. The largest absolute Gasteiger partial charge is 0.504 e. The fourth-order valence-electron chi connectivity index (χ4n) is 1.63. The number of amides is 4. The van der Waals surface area contributed by atoms with Crippen LogP contribution in [0.1, 0.15) is 5.56 Å². The summed E-state index contributed by atoms with van der Waals surface area (Å²) in [5.74, 6) is -5.55. The number of carbonyl (C=O) groups is 3. The molecule has 1 fully saturated rings. The highest BCUT2D eigenvalue weighted by atomic mass is 16.3. The highest BCUT2D eigenvalue weighted by Gasteiger charge is 2.52. The summed E-state index contributed by atoms with van der Waals surface area (Å²) in [4.78, 5) is 34.1. The molecule has 9 nitrogen and oxygen atoms in total. The molecule has 1 aromatic rings. The first-order valence-electron chi connectivity index (χ1n) is 4.92. The normalized spacial score (nSPS) is 17.8. The Labute approximate surface area is 105 Å². The summed E-state index contributed by atoms with van der Waals surface area (Å²) in [5.41, 5.74) is -3.58. The number of aromatic hydroxyl groups is 3. The van der Waals surface area contributed by atoms with Crippen molar-refractivity contribution in [2.24, 2.45) is 0 Å². The minimum absolute atomic E-state index is 0.676. The molecule has 0 aromatic heterocycles. The second-order valence-electron chi connectivity index (χ2n) is 3.78. The van der Waals surface area contributed by atoms with Gasteiger partial charge in [0.05, 0.1) is 0 Å². The summed E-state index contributed by atoms with van der Waals surface area (Å²) < 4.78 is 0. The third kappa shape index (κ3) is 1.64. The molecule has 1 aliphatic heterocycles. The number of hydrogen-bond donors (Lipinski definition) is 6. The van der Waals surface area contributed by atoms with E-state index in [1.807, 2.05) is 0 Å². The van der Waals surface area contributed by atoms with Crippen LogP contribution in [0, 0.1) is 0 Å². The molecule has 0 aliphatic carbocycles. The van der Waals surface area contributed by atoms with Gasteiger partial charge in [-0.25, -0.2) is 4.79 Å². The molecule has 0 radical (unpaired) electrons. The lowest BCUT2D eigenvalue weighted by Gasteiger charge is -2.29. The van der Waals surface area contributed by atoms with E-state index in [1.165, 1.54) is 0 Å². The molecule has 2 rings (SSSR count). The standard InChI is InChI=1S/C10H8N2O7/c13-4-2-1-3(5(14)6(4)15)10(19)7(16)11-9(18)12-8(10)17/h1-2,13-15,19H,(H2,11,12,16,17,18). The Morgan fingerprint density at radius 3 is 1.95 bits per heavy atom. The number of barbiturate groups is 1. The first kappa shape index (κ1) is 12.6. The van der Waals surface area contributed by atoms with Crippen molar-refractivity contribution in [1.29, 1.82) is 0 Å².